The standard InChI is InChI=1S/C8H9Cl2NO3/c1-2-3-4(8(13)14)11-6(10)5(9)7(11)12/h3,5-6H,2H2,1H3,(H,13,14). The Morgan fingerprint density at radius 2 is 2.21 bits per heavy atom. The third-order valence-electron chi connectivity index (χ3n) is 1.84. The number of alkyl halides is 2. The molecule has 4 nitrogen and oxygen atoms in total. The number of hydrogen-bond donors (Lipinski definition) is 1. The second kappa shape index (κ2) is 4.19. The molecule has 0 bridgehead atoms. The van der Waals surface area contributed by atoms with Crippen LogP contribution in [0, 0.1) is 0 Å². The normalized spacial score (nSPS) is 27.5. The number of carbonyl (C=O) groups is 2. The summed E-state index contributed by atoms with van der Waals surface area (Å²) in [7, 11) is 0. The number of rotatable bonds is 3. The molecule has 0 aromatic carbocycles. The Kier molecular flexibility index (Phi) is 3.39. The first-order valence-corrected chi connectivity index (χ1v) is 4.92. The number of halogens is 2. The molecular weight excluding hydrogens is 229 g/mol. The number of aliphatic carboxylic acids is 1. The Morgan fingerprint density at radius 1 is 1.64 bits per heavy atom. The maximum absolute atomic E-state index is 11.2. The van der Waals surface area contributed by atoms with Gasteiger partial charge in [0.05, 0.1) is 0 Å². The number of carboxylic acids is 1. The summed E-state index contributed by atoms with van der Waals surface area (Å²) in [5, 5.41) is 7.97. The number of β-lactam (4-membered cyclic amide) rings is 1. The van der Waals surface area contributed by atoms with Crippen LogP contribution in [0.2, 0.25) is 0 Å². The van der Waals surface area contributed by atoms with E-state index in [1.54, 1.807) is 6.92 Å². The summed E-state index contributed by atoms with van der Waals surface area (Å²) in [6.07, 6.45) is 1.94. The minimum Gasteiger partial charge on any atom is -0.477 e. The summed E-state index contributed by atoms with van der Waals surface area (Å²) >= 11 is 11.3. The van der Waals surface area contributed by atoms with E-state index in [-0.39, 0.29) is 5.70 Å². The lowest BCUT2D eigenvalue weighted by molar-refractivity contribution is -0.145. The Labute approximate surface area is 91.1 Å². The van der Waals surface area contributed by atoms with E-state index in [0.29, 0.717) is 6.42 Å². The minimum atomic E-state index is -1.17. The van der Waals surface area contributed by atoms with Gasteiger partial charge in [-0.25, -0.2) is 4.79 Å². The molecule has 1 fully saturated rings. The highest BCUT2D eigenvalue weighted by atomic mass is 35.5. The summed E-state index contributed by atoms with van der Waals surface area (Å²) < 4.78 is 0. The van der Waals surface area contributed by atoms with Crippen molar-refractivity contribution in [1.29, 1.82) is 0 Å². The average Bonchev–Trinajstić information content (AvgIpc) is 2.16. The van der Waals surface area contributed by atoms with Gasteiger partial charge in [0, 0.05) is 0 Å². The summed E-state index contributed by atoms with van der Waals surface area (Å²) in [6.45, 7) is 1.77. The third-order valence-corrected chi connectivity index (χ3v) is 2.84. The van der Waals surface area contributed by atoms with Crippen LogP contribution in [0.1, 0.15) is 13.3 Å². The van der Waals surface area contributed by atoms with Crippen LogP contribution >= 0.6 is 23.2 Å². The number of carboxylic acid groups (broad SMARTS) is 1. The monoisotopic (exact) mass is 237 g/mol. The zero-order chi connectivity index (χ0) is 10.9. The Morgan fingerprint density at radius 3 is 2.57 bits per heavy atom. The molecule has 0 aliphatic carbocycles. The third kappa shape index (κ3) is 1.72. The molecule has 1 rings (SSSR count). The number of hydrogen-bond acceptors (Lipinski definition) is 2. The van der Waals surface area contributed by atoms with Gasteiger partial charge in [0.2, 0.25) is 5.91 Å². The topological polar surface area (TPSA) is 57.6 Å². The first kappa shape index (κ1) is 11.3. The molecule has 2 unspecified atom stereocenters. The van der Waals surface area contributed by atoms with Crippen molar-refractivity contribution in [3.8, 4) is 0 Å². The molecule has 2 atom stereocenters. The molecule has 0 spiro atoms. The van der Waals surface area contributed by atoms with Crippen molar-refractivity contribution >= 4 is 35.1 Å². The molecule has 6 heteroatoms. The largest absolute Gasteiger partial charge is 0.477 e. The van der Waals surface area contributed by atoms with Gasteiger partial charge in [-0.2, -0.15) is 0 Å². The highest BCUT2D eigenvalue weighted by Crippen LogP contribution is 2.32. The summed E-state index contributed by atoms with van der Waals surface area (Å²) in [4.78, 5) is 22.9. The van der Waals surface area contributed by atoms with Crippen molar-refractivity contribution in [3.05, 3.63) is 11.8 Å². The van der Waals surface area contributed by atoms with E-state index in [9.17, 15) is 9.59 Å². The molecule has 0 saturated carbocycles. The fourth-order valence-electron chi connectivity index (χ4n) is 1.15. The predicted octanol–water partition coefficient (Wildman–Crippen LogP) is 1.38. The van der Waals surface area contributed by atoms with Gasteiger partial charge in [-0.15, -0.1) is 11.6 Å². The van der Waals surface area contributed by atoms with Gasteiger partial charge in [0.15, 0.2) is 0 Å². The first-order chi connectivity index (χ1) is 6.50. The fraction of sp³-hybridized carbons (Fsp3) is 0.500. The predicted molar refractivity (Wildman–Crippen MR) is 52.1 cm³/mol. The Hall–Kier alpha value is -0.740. The van der Waals surface area contributed by atoms with E-state index in [1.807, 2.05) is 0 Å². The van der Waals surface area contributed by atoms with E-state index in [2.05, 4.69) is 0 Å². The zero-order valence-electron chi connectivity index (χ0n) is 7.41. The Balaban J connectivity index is 2.87. The van der Waals surface area contributed by atoms with Crippen LogP contribution in [0.4, 0.5) is 0 Å². The lowest BCUT2D eigenvalue weighted by atomic mass is 10.1. The second-order valence-electron chi connectivity index (χ2n) is 2.79. The number of allylic oxidation sites excluding steroid dienone is 1. The zero-order valence-corrected chi connectivity index (χ0v) is 8.92. The summed E-state index contributed by atoms with van der Waals surface area (Å²) in [5.74, 6) is -1.64. The lowest BCUT2D eigenvalue weighted by Crippen LogP contribution is -2.59. The van der Waals surface area contributed by atoms with Crippen molar-refractivity contribution in [2.45, 2.75) is 24.2 Å². The van der Waals surface area contributed by atoms with Crippen molar-refractivity contribution < 1.29 is 14.7 Å². The van der Waals surface area contributed by atoms with Crippen molar-refractivity contribution in [1.82, 2.24) is 4.90 Å². The smallest absolute Gasteiger partial charge is 0.352 e. The molecule has 0 aromatic heterocycles. The molecule has 0 radical (unpaired) electrons. The van der Waals surface area contributed by atoms with Crippen molar-refractivity contribution in [3.63, 3.8) is 0 Å². The molecule has 1 aliphatic rings. The number of likely N-dealkylation sites (tertiary alicyclic amines) is 1. The number of carbonyl (C=O) groups excluding carboxylic acids is 1. The van der Waals surface area contributed by atoms with E-state index in [0.717, 1.165) is 4.90 Å². The quantitative estimate of drug-likeness (QED) is 0.349. The molecule has 1 N–H and O–H groups in total. The van der Waals surface area contributed by atoms with Crippen LogP contribution in [0.5, 0.6) is 0 Å². The second-order valence-corrected chi connectivity index (χ2v) is 3.70. The van der Waals surface area contributed by atoms with E-state index in [1.165, 1.54) is 6.08 Å². The van der Waals surface area contributed by atoms with Crippen LogP contribution in [0.25, 0.3) is 0 Å². The molecule has 1 heterocycles. The summed E-state index contributed by atoms with van der Waals surface area (Å²) in [6, 6.07) is 0. The summed E-state index contributed by atoms with van der Waals surface area (Å²) in [5.41, 5.74) is -0.868. The molecule has 1 aliphatic heterocycles. The maximum atomic E-state index is 11.2. The van der Waals surface area contributed by atoms with Crippen LogP contribution in [0.3, 0.4) is 0 Å². The van der Waals surface area contributed by atoms with E-state index in [4.69, 9.17) is 28.3 Å². The molecule has 1 saturated heterocycles. The SMILES string of the molecule is CCC=C(C(=O)O)N1C(=O)C(Cl)C1Cl. The minimum absolute atomic E-state index is 0.102. The molecular formula is C8H9Cl2NO3. The van der Waals surface area contributed by atoms with Crippen molar-refractivity contribution in [2.24, 2.45) is 0 Å². The van der Waals surface area contributed by atoms with Crippen molar-refractivity contribution in [2.75, 3.05) is 0 Å². The molecule has 0 aromatic rings. The number of amides is 1. The highest BCUT2D eigenvalue weighted by Gasteiger charge is 2.48. The highest BCUT2D eigenvalue weighted by molar-refractivity contribution is 6.41. The van der Waals surface area contributed by atoms with Gasteiger partial charge >= 0.3 is 5.97 Å². The molecule has 78 valence electrons. The van der Waals surface area contributed by atoms with Crippen LogP contribution in [-0.2, 0) is 9.59 Å². The molecule has 14 heavy (non-hydrogen) atoms. The van der Waals surface area contributed by atoms with Gasteiger partial charge in [-0.3, -0.25) is 9.69 Å². The Bertz CT molecular complexity index is 303. The van der Waals surface area contributed by atoms with E-state index < -0.39 is 22.8 Å². The van der Waals surface area contributed by atoms with Gasteiger partial charge in [0.1, 0.15) is 16.6 Å². The average molecular weight is 238 g/mol. The van der Waals surface area contributed by atoms with E-state index >= 15 is 0 Å². The van der Waals surface area contributed by atoms with Crippen LogP contribution in [-0.4, -0.2) is 32.8 Å². The van der Waals surface area contributed by atoms with Gasteiger partial charge in [0.25, 0.3) is 0 Å². The molecule has 1 amide bonds. The van der Waals surface area contributed by atoms with Gasteiger partial charge < -0.3 is 5.11 Å². The van der Waals surface area contributed by atoms with Crippen LogP contribution < -0.4 is 0 Å². The first-order valence-electron chi connectivity index (χ1n) is 4.05. The van der Waals surface area contributed by atoms with Gasteiger partial charge in [-0.1, -0.05) is 24.6 Å². The maximum Gasteiger partial charge on any atom is 0.352 e. The fourth-order valence-corrected chi connectivity index (χ4v) is 1.68. The lowest BCUT2D eigenvalue weighted by Gasteiger charge is -2.40. The van der Waals surface area contributed by atoms with Gasteiger partial charge in [-0.05, 0) is 6.42 Å². The van der Waals surface area contributed by atoms with Crippen LogP contribution in [0.15, 0.2) is 11.8 Å². The number of nitrogens with zero attached hydrogens (tertiary/aromatic N) is 1.